The van der Waals surface area contributed by atoms with Gasteiger partial charge in [-0.3, -0.25) is 4.79 Å². The molecule has 0 saturated carbocycles. The summed E-state index contributed by atoms with van der Waals surface area (Å²) >= 11 is 0. The molecule has 22 heavy (non-hydrogen) atoms. The van der Waals surface area contributed by atoms with Gasteiger partial charge in [-0.15, -0.1) is 0 Å². The zero-order valence-corrected chi connectivity index (χ0v) is 12.7. The fraction of sp³-hybridized carbons (Fsp3) is 0.188. The molecule has 1 amide bonds. The van der Waals surface area contributed by atoms with Crippen LogP contribution < -0.4 is 4.72 Å². The number of hydrogen-bond acceptors (Lipinski definition) is 3. The summed E-state index contributed by atoms with van der Waals surface area (Å²) in [4.78, 5) is 12.1. The van der Waals surface area contributed by atoms with Crippen molar-refractivity contribution in [2.24, 2.45) is 0 Å². The molecule has 1 atom stereocenters. The van der Waals surface area contributed by atoms with Crippen molar-refractivity contribution in [3.8, 4) is 0 Å². The SMILES string of the molecule is O=C1NS(=O)(=O)N(Cc2ccccc2)[C@H]1Cc1ccccc1. The summed E-state index contributed by atoms with van der Waals surface area (Å²) in [6.07, 6.45) is 0.360. The van der Waals surface area contributed by atoms with Crippen LogP contribution in [0, 0.1) is 0 Å². The average Bonchev–Trinajstić information content (AvgIpc) is 2.72. The summed E-state index contributed by atoms with van der Waals surface area (Å²) in [5.41, 5.74) is 1.78. The second-order valence-corrected chi connectivity index (χ2v) is 6.83. The van der Waals surface area contributed by atoms with Crippen molar-refractivity contribution in [3.63, 3.8) is 0 Å². The van der Waals surface area contributed by atoms with Crippen molar-refractivity contribution < 1.29 is 13.2 Å². The van der Waals surface area contributed by atoms with E-state index in [0.717, 1.165) is 11.1 Å². The fourth-order valence-corrected chi connectivity index (χ4v) is 3.87. The van der Waals surface area contributed by atoms with E-state index in [9.17, 15) is 13.2 Å². The third kappa shape index (κ3) is 3.03. The van der Waals surface area contributed by atoms with Gasteiger partial charge in [-0.25, -0.2) is 4.72 Å². The van der Waals surface area contributed by atoms with Crippen molar-refractivity contribution in [1.82, 2.24) is 9.03 Å². The lowest BCUT2D eigenvalue weighted by Crippen LogP contribution is -2.36. The third-order valence-corrected chi connectivity index (χ3v) is 5.10. The molecule has 1 heterocycles. The Labute approximate surface area is 129 Å². The number of nitrogens with zero attached hydrogens (tertiary/aromatic N) is 1. The maximum atomic E-state index is 12.2. The highest BCUT2D eigenvalue weighted by Crippen LogP contribution is 2.21. The van der Waals surface area contributed by atoms with Crippen LogP contribution in [0.1, 0.15) is 11.1 Å². The van der Waals surface area contributed by atoms with Crippen LogP contribution in [0.15, 0.2) is 60.7 Å². The molecule has 0 radical (unpaired) electrons. The van der Waals surface area contributed by atoms with E-state index in [4.69, 9.17) is 0 Å². The molecule has 1 saturated heterocycles. The first-order chi connectivity index (χ1) is 10.6. The molecule has 0 aromatic heterocycles. The van der Waals surface area contributed by atoms with Gasteiger partial charge in [0.15, 0.2) is 0 Å². The van der Waals surface area contributed by atoms with Crippen LogP contribution in [-0.4, -0.2) is 24.7 Å². The number of nitrogens with one attached hydrogen (secondary N) is 1. The lowest BCUT2D eigenvalue weighted by Gasteiger charge is -2.20. The summed E-state index contributed by atoms with van der Waals surface area (Å²) in [5.74, 6) is -0.472. The number of benzene rings is 2. The maximum absolute atomic E-state index is 12.2. The summed E-state index contributed by atoms with van der Waals surface area (Å²) in [7, 11) is -3.77. The Hall–Kier alpha value is -2.18. The van der Waals surface area contributed by atoms with Crippen molar-refractivity contribution in [2.75, 3.05) is 0 Å². The van der Waals surface area contributed by atoms with E-state index < -0.39 is 22.2 Å². The minimum Gasteiger partial charge on any atom is -0.272 e. The lowest BCUT2D eigenvalue weighted by molar-refractivity contribution is -0.121. The van der Waals surface area contributed by atoms with Gasteiger partial charge in [0.2, 0.25) is 0 Å². The van der Waals surface area contributed by atoms with Gasteiger partial charge in [0, 0.05) is 6.54 Å². The Morgan fingerprint density at radius 2 is 1.45 bits per heavy atom. The van der Waals surface area contributed by atoms with Crippen LogP contribution in [0.4, 0.5) is 0 Å². The maximum Gasteiger partial charge on any atom is 0.304 e. The molecule has 0 unspecified atom stereocenters. The van der Waals surface area contributed by atoms with Gasteiger partial charge < -0.3 is 0 Å². The number of carbonyl (C=O) groups is 1. The number of rotatable bonds is 4. The smallest absolute Gasteiger partial charge is 0.272 e. The molecule has 0 bridgehead atoms. The predicted molar refractivity (Wildman–Crippen MR) is 83.0 cm³/mol. The second-order valence-electron chi connectivity index (χ2n) is 5.21. The van der Waals surface area contributed by atoms with Crippen molar-refractivity contribution in [3.05, 3.63) is 71.8 Å². The molecule has 5 nitrogen and oxygen atoms in total. The van der Waals surface area contributed by atoms with Gasteiger partial charge in [-0.1, -0.05) is 60.7 Å². The van der Waals surface area contributed by atoms with Crippen LogP contribution >= 0.6 is 0 Å². The van der Waals surface area contributed by atoms with Crippen LogP contribution in [0.3, 0.4) is 0 Å². The van der Waals surface area contributed by atoms with E-state index in [1.807, 2.05) is 60.7 Å². The Morgan fingerprint density at radius 1 is 0.909 bits per heavy atom. The first-order valence-electron chi connectivity index (χ1n) is 6.97. The fourth-order valence-electron chi connectivity index (χ4n) is 2.54. The molecule has 0 spiro atoms. The normalized spacial score (nSPS) is 20.7. The summed E-state index contributed by atoms with van der Waals surface area (Å²) in [6, 6.07) is 17.9. The van der Waals surface area contributed by atoms with Crippen molar-refractivity contribution in [2.45, 2.75) is 19.0 Å². The minimum absolute atomic E-state index is 0.180. The first-order valence-corrected chi connectivity index (χ1v) is 8.41. The highest BCUT2D eigenvalue weighted by Gasteiger charge is 2.43. The van der Waals surface area contributed by atoms with Gasteiger partial charge in [-0.2, -0.15) is 12.7 Å². The molecule has 2 aromatic carbocycles. The molecule has 114 valence electrons. The van der Waals surface area contributed by atoms with E-state index in [-0.39, 0.29) is 6.54 Å². The van der Waals surface area contributed by atoms with E-state index in [1.54, 1.807) is 0 Å². The Morgan fingerprint density at radius 3 is 2.05 bits per heavy atom. The molecular formula is C16H16N2O3S. The highest BCUT2D eigenvalue weighted by atomic mass is 32.2. The molecule has 1 fully saturated rings. The predicted octanol–water partition coefficient (Wildman–Crippen LogP) is 1.47. The van der Waals surface area contributed by atoms with Gasteiger partial charge in [0.05, 0.1) is 0 Å². The average molecular weight is 316 g/mol. The zero-order valence-electron chi connectivity index (χ0n) is 11.8. The minimum atomic E-state index is -3.77. The molecule has 6 heteroatoms. The Kier molecular flexibility index (Phi) is 3.96. The molecule has 1 aliphatic heterocycles. The van der Waals surface area contributed by atoms with E-state index in [1.165, 1.54) is 4.31 Å². The van der Waals surface area contributed by atoms with Gasteiger partial charge in [-0.05, 0) is 17.5 Å². The Balaban J connectivity index is 1.87. The highest BCUT2D eigenvalue weighted by molar-refractivity contribution is 7.88. The van der Waals surface area contributed by atoms with Crippen LogP contribution in [-0.2, 0) is 28.0 Å². The Bertz CT molecular complexity index is 760. The van der Waals surface area contributed by atoms with E-state index >= 15 is 0 Å². The first kappa shape index (κ1) is 14.7. The number of carbonyl (C=O) groups excluding carboxylic acids is 1. The number of amides is 1. The monoisotopic (exact) mass is 316 g/mol. The lowest BCUT2D eigenvalue weighted by atomic mass is 10.1. The van der Waals surface area contributed by atoms with Crippen molar-refractivity contribution >= 4 is 16.1 Å². The van der Waals surface area contributed by atoms with Crippen molar-refractivity contribution in [1.29, 1.82) is 0 Å². The largest absolute Gasteiger partial charge is 0.304 e. The second kappa shape index (κ2) is 5.90. The summed E-state index contributed by atoms with van der Waals surface area (Å²) in [5, 5.41) is 0. The molecule has 1 N–H and O–H groups in total. The topological polar surface area (TPSA) is 66.5 Å². The van der Waals surface area contributed by atoms with Gasteiger partial charge >= 0.3 is 10.2 Å². The van der Waals surface area contributed by atoms with Crippen LogP contribution in [0.5, 0.6) is 0 Å². The number of hydrogen-bond donors (Lipinski definition) is 1. The molecule has 2 aromatic rings. The molecular weight excluding hydrogens is 300 g/mol. The summed E-state index contributed by atoms with van der Waals surface area (Å²) < 4.78 is 27.7. The molecule has 3 rings (SSSR count). The van der Waals surface area contributed by atoms with Gasteiger partial charge in [0.25, 0.3) is 5.91 Å². The summed E-state index contributed by atoms with van der Waals surface area (Å²) in [6.45, 7) is 0.180. The van der Waals surface area contributed by atoms with Crippen LogP contribution in [0.2, 0.25) is 0 Å². The van der Waals surface area contributed by atoms with Gasteiger partial charge in [0.1, 0.15) is 6.04 Å². The van der Waals surface area contributed by atoms with E-state index in [0.29, 0.717) is 6.42 Å². The molecule has 1 aliphatic rings. The zero-order chi connectivity index (χ0) is 15.6. The van der Waals surface area contributed by atoms with Crippen LogP contribution in [0.25, 0.3) is 0 Å². The molecule has 0 aliphatic carbocycles. The third-order valence-electron chi connectivity index (χ3n) is 3.64. The quantitative estimate of drug-likeness (QED) is 0.929. The standard InChI is InChI=1S/C16H16N2O3S/c19-16-15(11-13-7-3-1-4-8-13)18(22(20,21)17-16)12-14-9-5-2-6-10-14/h1-10,15H,11-12H2,(H,17,19)/t15-/m0/s1. The van der Waals surface area contributed by atoms with E-state index in [2.05, 4.69) is 4.72 Å².